The van der Waals surface area contributed by atoms with Crippen molar-refractivity contribution in [1.82, 2.24) is 15.4 Å². The molecule has 0 saturated heterocycles. The van der Waals surface area contributed by atoms with Gasteiger partial charge < -0.3 is 14.8 Å². The van der Waals surface area contributed by atoms with E-state index < -0.39 is 6.23 Å². The summed E-state index contributed by atoms with van der Waals surface area (Å²) in [6.07, 6.45) is 0.0769. The maximum atomic E-state index is 9.64. The Bertz CT molecular complexity index is 930. The van der Waals surface area contributed by atoms with Gasteiger partial charge in [0.05, 0.1) is 23.9 Å². The summed E-state index contributed by atoms with van der Waals surface area (Å²) >= 11 is 0. The Morgan fingerprint density at radius 2 is 1.88 bits per heavy atom. The van der Waals surface area contributed by atoms with Crippen LogP contribution in [0.5, 0.6) is 5.75 Å². The molecule has 1 aliphatic rings. The van der Waals surface area contributed by atoms with Crippen molar-refractivity contribution in [1.29, 1.82) is 0 Å². The molecule has 0 amide bonds. The van der Waals surface area contributed by atoms with E-state index in [0.29, 0.717) is 6.42 Å². The van der Waals surface area contributed by atoms with Crippen molar-refractivity contribution in [2.24, 2.45) is 11.0 Å². The fourth-order valence-electron chi connectivity index (χ4n) is 3.16. The van der Waals surface area contributed by atoms with Gasteiger partial charge in [-0.3, -0.25) is 5.43 Å². The number of rotatable bonds is 3. The van der Waals surface area contributed by atoms with Crippen LogP contribution in [0.1, 0.15) is 18.9 Å². The molecule has 0 aliphatic carbocycles. The summed E-state index contributed by atoms with van der Waals surface area (Å²) in [6, 6.07) is 13.9. The third kappa shape index (κ3) is 2.96. The number of H-pyrrole nitrogens is 1. The first-order chi connectivity index (χ1) is 12.1. The molecule has 2 unspecified atom stereocenters. The number of aromatic amines is 1. The molecule has 0 bridgehead atoms. The van der Waals surface area contributed by atoms with Gasteiger partial charge in [-0.05, 0) is 36.4 Å². The Morgan fingerprint density at radius 3 is 2.60 bits per heavy atom. The summed E-state index contributed by atoms with van der Waals surface area (Å²) in [5.41, 5.74) is 7.62. The number of imidazole rings is 1. The molecule has 0 fully saturated rings. The van der Waals surface area contributed by atoms with Gasteiger partial charge in [0.1, 0.15) is 17.8 Å². The standard InChI is InChI=1S/C19H20N4O2/c1-11-9-17(24)22-23-18(11)13-5-8-15-16(10-13)21-19(20-15)12-3-6-14(25-2)7-4-12/h3-8,10-11,17,22,24H,9H2,1-2H3,(H,20,21). The second-order valence-electron chi connectivity index (χ2n) is 6.32. The number of hydrogen-bond donors (Lipinski definition) is 3. The third-order valence-corrected chi connectivity index (χ3v) is 4.52. The molecule has 6 heteroatoms. The van der Waals surface area contributed by atoms with Crippen LogP contribution in [-0.4, -0.2) is 34.1 Å². The molecule has 4 rings (SSSR count). The second kappa shape index (κ2) is 6.22. The van der Waals surface area contributed by atoms with Gasteiger partial charge in [0.2, 0.25) is 0 Å². The minimum Gasteiger partial charge on any atom is -0.497 e. The highest BCUT2D eigenvalue weighted by molar-refractivity contribution is 6.04. The predicted octanol–water partition coefficient (Wildman–Crippen LogP) is 2.89. The van der Waals surface area contributed by atoms with Crippen molar-refractivity contribution in [3.05, 3.63) is 48.0 Å². The number of aliphatic hydroxyl groups is 1. The highest BCUT2D eigenvalue weighted by Crippen LogP contribution is 2.25. The van der Waals surface area contributed by atoms with Gasteiger partial charge in [-0.2, -0.15) is 5.10 Å². The predicted molar refractivity (Wildman–Crippen MR) is 97.5 cm³/mol. The van der Waals surface area contributed by atoms with Crippen LogP contribution in [0.3, 0.4) is 0 Å². The van der Waals surface area contributed by atoms with Gasteiger partial charge in [0, 0.05) is 23.5 Å². The largest absolute Gasteiger partial charge is 0.497 e. The molecule has 1 aromatic heterocycles. The summed E-state index contributed by atoms with van der Waals surface area (Å²) in [7, 11) is 1.65. The molecule has 0 spiro atoms. The fraction of sp³-hybridized carbons (Fsp3) is 0.263. The van der Waals surface area contributed by atoms with Crippen LogP contribution < -0.4 is 10.2 Å². The monoisotopic (exact) mass is 336 g/mol. The maximum Gasteiger partial charge on any atom is 0.140 e. The molecule has 3 N–H and O–H groups in total. The minimum absolute atomic E-state index is 0.192. The molecule has 25 heavy (non-hydrogen) atoms. The molecular weight excluding hydrogens is 316 g/mol. The smallest absolute Gasteiger partial charge is 0.140 e. The Kier molecular flexibility index (Phi) is 3.89. The minimum atomic E-state index is -0.573. The molecule has 1 aliphatic heterocycles. The van der Waals surface area contributed by atoms with E-state index >= 15 is 0 Å². The number of ether oxygens (including phenoxy) is 1. The lowest BCUT2D eigenvalue weighted by atomic mass is 9.93. The van der Waals surface area contributed by atoms with Crippen LogP contribution >= 0.6 is 0 Å². The molecule has 6 nitrogen and oxygen atoms in total. The van der Waals surface area contributed by atoms with E-state index in [9.17, 15) is 5.11 Å². The first-order valence-corrected chi connectivity index (χ1v) is 8.30. The zero-order valence-electron chi connectivity index (χ0n) is 14.2. The lowest BCUT2D eigenvalue weighted by Crippen LogP contribution is -2.35. The van der Waals surface area contributed by atoms with E-state index in [1.54, 1.807) is 7.11 Å². The quantitative estimate of drug-likeness (QED) is 0.687. The highest BCUT2D eigenvalue weighted by atomic mass is 16.5. The maximum absolute atomic E-state index is 9.64. The van der Waals surface area contributed by atoms with E-state index in [1.165, 1.54) is 0 Å². The Balaban J connectivity index is 1.69. The van der Waals surface area contributed by atoms with Crippen molar-refractivity contribution in [2.75, 3.05) is 7.11 Å². The summed E-state index contributed by atoms with van der Waals surface area (Å²) in [4.78, 5) is 8.04. The second-order valence-corrected chi connectivity index (χ2v) is 6.32. The Morgan fingerprint density at radius 1 is 1.12 bits per heavy atom. The van der Waals surface area contributed by atoms with Crippen molar-refractivity contribution < 1.29 is 9.84 Å². The SMILES string of the molecule is COc1ccc(-c2nc3ccc(C4=NNC(O)CC4C)cc3[nH]2)cc1. The topological polar surface area (TPSA) is 82.5 Å². The number of aliphatic hydroxyl groups excluding tert-OH is 1. The van der Waals surface area contributed by atoms with Crippen LogP contribution in [0.2, 0.25) is 0 Å². The van der Waals surface area contributed by atoms with Crippen LogP contribution in [0.25, 0.3) is 22.4 Å². The van der Waals surface area contributed by atoms with Crippen LogP contribution in [0.4, 0.5) is 0 Å². The first kappa shape index (κ1) is 15.7. The first-order valence-electron chi connectivity index (χ1n) is 8.30. The fourth-order valence-corrected chi connectivity index (χ4v) is 3.16. The molecule has 3 aromatic rings. The zero-order chi connectivity index (χ0) is 17.4. The van der Waals surface area contributed by atoms with Crippen molar-refractivity contribution in [3.8, 4) is 17.1 Å². The number of hydrogen-bond acceptors (Lipinski definition) is 5. The van der Waals surface area contributed by atoms with Crippen LogP contribution in [-0.2, 0) is 0 Å². The number of aromatic nitrogens is 2. The molecule has 2 heterocycles. The lowest BCUT2D eigenvalue weighted by Gasteiger charge is -2.24. The average molecular weight is 336 g/mol. The van der Waals surface area contributed by atoms with E-state index in [0.717, 1.165) is 39.4 Å². The van der Waals surface area contributed by atoms with Gasteiger partial charge in [-0.1, -0.05) is 13.0 Å². The number of hydrazone groups is 1. The van der Waals surface area contributed by atoms with E-state index in [1.807, 2.05) is 36.4 Å². The molecule has 128 valence electrons. The average Bonchev–Trinajstić information content (AvgIpc) is 3.05. The number of methoxy groups -OCH3 is 1. The van der Waals surface area contributed by atoms with Gasteiger partial charge in [0.15, 0.2) is 0 Å². The van der Waals surface area contributed by atoms with E-state index in [2.05, 4.69) is 33.5 Å². The van der Waals surface area contributed by atoms with Crippen molar-refractivity contribution >= 4 is 16.7 Å². The summed E-state index contributed by atoms with van der Waals surface area (Å²) < 4.78 is 5.20. The van der Waals surface area contributed by atoms with Gasteiger partial charge in [-0.15, -0.1) is 0 Å². The number of nitrogens with zero attached hydrogens (tertiary/aromatic N) is 2. The number of fused-ring (bicyclic) bond motifs is 1. The zero-order valence-corrected chi connectivity index (χ0v) is 14.2. The van der Waals surface area contributed by atoms with E-state index in [-0.39, 0.29) is 5.92 Å². The molecule has 2 atom stereocenters. The van der Waals surface area contributed by atoms with Gasteiger partial charge >= 0.3 is 0 Å². The van der Waals surface area contributed by atoms with Crippen molar-refractivity contribution in [2.45, 2.75) is 19.6 Å². The van der Waals surface area contributed by atoms with Gasteiger partial charge in [-0.25, -0.2) is 4.98 Å². The number of nitrogens with one attached hydrogen (secondary N) is 2. The number of benzene rings is 2. The highest BCUT2D eigenvalue weighted by Gasteiger charge is 2.22. The molecule has 0 radical (unpaired) electrons. The summed E-state index contributed by atoms with van der Waals surface area (Å²) in [5, 5.41) is 14.0. The Labute approximate surface area is 145 Å². The normalized spacial score (nSPS) is 20.2. The molecular formula is C19H20N4O2. The third-order valence-electron chi connectivity index (χ3n) is 4.52. The molecule has 2 aromatic carbocycles. The van der Waals surface area contributed by atoms with Crippen molar-refractivity contribution in [3.63, 3.8) is 0 Å². The van der Waals surface area contributed by atoms with E-state index in [4.69, 9.17) is 4.74 Å². The summed E-state index contributed by atoms with van der Waals surface area (Å²) in [6.45, 7) is 2.07. The van der Waals surface area contributed by atoms with Gasteiger partial charge in [0.25, 0.3) is 0 Å². The van der Waals surface area contributed by atoms with Crippen LogP contribution in [0.15, 0.2) is 47.6 Å². The summed E-state index contributed by atoms with van der Waals surface area (Å²) in [5.74, 6) is 1.83. The Hall–Kier alpha value is -2.86. The molecule has 0 saturated carbocycles. The lowest BCUT2D eigenvalue weighted by molar-refractivity contribution is 0.114. The van der Waals surface area contributed by atoms with Crippen LogP contribution in [0, 0.1) is 5.92 Å².